The summed E-state index contributed by atoms with van der Waals surface area (Å²) in [6.45, 7) is 3.03. The number of hydrogen-bond acceptors (Lipinski definition) is 3. The van der Waals surface area contributed by atoms with Crippen LogP contribution in [0.1, 0.15) is 30.9 Å². The summed E-state index contributed by atoms with van der Waals surface area (Å²) in [5, 5.41) is 15.3. The van der Waals surface area contributed by atoms with Gasteiger partial charge in [-0.05, 0) is 24.3 Å². The number of rotatable bonds is 4. The molecule has 2 rings (SSSR count). The van der Waals surface area contributed by atoms with Crippen LogP contribution in [0.2, 0.25) is 0 Å². The summed E-state index contributed by atoms with van der Waals surface area (Å²) in [6.07, 6.45) is 2.48. The van der Waals surface area contributed by atoms with Crippen LogP contribution in [0.4, 0.5) is 0 Å². The standard InChI is InChI=1S/C13H19N3O/c1-9-6-11(7-9)15-8-10-4-2-3-5-12(10)13(14)16-17/h2-5,9,11,15,17H,6-8H2,1H3,(H2,14,16). The first kappa shape index (κ1) is 11.9. The van der Waals surface area contributed by atoms with Gasteiger partial charge in [0.05, 0.1) is 0 Å². The molecule has 0 aromatic heterocycles. The van der Waals surface area contributed by atoms with Crippen LogP contribution in [0.3, 0.4) is 0 Å². The highest BCUT2D eigenvalue weighted by Crippen LogP contribution is 2.26. The van der Waals surface area contributed by atoms with Crippen molar-refractivity contribution in [2.45, 2.75) is 32.4 Å². The van der Waals surface area contributed by atoms with E-state index in [0.717, 1.165) is 23.6 Å². The Morgan fingerprint density at radius 3 is 2.82 bits per heavy atom. The second-order valence-corrected chi connectivity index (χ2v) is 4.80. The Kier molecular flexibility index (Phi) is 3.64. The summed E-state index contributed by atoms with van der Waals surface area (Å²) in [7, 11) is 0. The van der Waals surface area contributed by atoms with Crippen LogP contribution in [-0.4, -0.2) is 17.1 Å². The maximum absolute atomic E-state index is 8.72. The molecule has 17 heavy (non-hydrogen) atoms. The molecule has 92 valence electrons. The Balaban J connectivity index is 2.00. The Bertz CT molecular complexity index is 411. The van der Waals surface area contributed by atoms with Gasteiger partial charge in [-0.25, -0.2) is 0 Å². The van der Waals surface area contributed by atoms with Gasteiger partial charge >= 0.3 is 0 Å². The van der Waals surface area contributed by atoms with Crippen molar-refractivity contribution in [3.05, 3.63) is 35.4 Å². The van der Waals surface area contributed by atoms with Crippen molar-refractivity contribution in [1.82, 2.24) is 5.32 Å². The molecule has 4 heteroatoms. The van der Waals surface area contributed by atoms with Gasteiger partial charge in [-0.3, -0.25) is 0 Å². The summed E-state index contributed by atoms with van der Waals surface area (Å²) < 4.78 is 0. The molecule has 0 saturated heterocycles. The summed E-state index contributed by atoms with van der Waals surface area (Å²) in [4.78, 5) is 0. The van der Waals surface area contributed by atoms with E-state index in [0.29, 0.717) is 6.04 Å². The lowest BCUT2D eigenvalue weighted by Gasteiger charge is -2.33. The highest BCUT2D eigenvalue weighted by molar-refractivity contribution is 5.98. The van der Waals surface area contributed by atoms with Crippen LogP contribution >= 0.6 is 0 Å². The van der Waals surface area contributed by atoms with E-state index in [4.69, 9.17) is 10.9 Å². The van der Waals surface area contributed by atoms with Crippen LogP contribution in [-0.2, 0) is 6.54 Å². The van der Waals surface area contributed by atoms with Crippen LogP contribution in [0.5, 0.6) is 0 Å². The Hall–Kier alpha value is -1.55. The van der Waals surface area contributed by atoms with Crippen molar-refractivity contribution >= 4 is 5.84 Å². The van der Waals surface area contributed by atoms with E-state index in [2.05, 4.69) is 17.4 Å². The van der Waals surface area contributed by atoms with E-state index >= 15 is 0 Å². The summed E-state index contributed by atoms with van der Waals surface area (Å²) in [5.74, 6) is 1.01. The number of oxime groups is 1. The fourth-order valence-electron chi connectivity index (χ4n) is 2.30. The van der Waals surface area contributed by atoms with Crippen molar-refractivity contribution in [1.29, 1.82) is 0 Å². The molecule has 1 aliphatic rings. The minimum atomic E-state index is 0.171. The highest BCUT2D eigenvalue weighted by atomic mass is 16.4. The second kappa shape index (κ2) is 5.19. The lowest BCUT2D eigenvalue weighted by molar-refractivity contribution is 0.240. The van der Waals surface area contributed by atoms with Gasteiger partial charge < -0.3 is 16.3 Å². The largest absolute Gasteiger partial charge is 0.409 e. The maximum atomic E-state index is 8.72. The number of nitrogens with zero attached hydrogens (tertiary/aromatic N) is 1. The highest BCUT2D eigenvalue weighted by Gasteiger charge is 2.24. The Morgan fingerprint density at radius 1 is 1.47 bits per heavy atom. The molecule has 0 aliphatic heterocycles. The van der Waals surface area contributed by atoms with E-state index in [1.165, 1.54) is 12.8 Å². The molecule has 4 N–H and O–H groups in total. The third-order valence-electron chi connectivity index (χ3n) is 3.36. The van der Waals surface area contributed by atoms with Crippen molar-refractivity contribution in [2.75, 3.05) is 0 Å². The molecule has 1 aromatic carbocycles. The first-order chi connectivity index (χ1) is 8.20. The third-order valence-corrected chi connectivity index (χ3v) is 3.36. The molecule has 1 aliphatic carbocycles. The summed E-state index contributed by atoms with van der Waals surface area (Å²) in [5.41, 5.74) is 7.51. The zero-order chi connectivity index (χ0) is 12.3. The first-order valence-corrected chi connectivity index (χ1v) is 6.00. The predicted molar refractivity (Wildman–Crippen MR) is 68.0 cm³/mol. The molecule has 0 amide bonds. The van der Waals surface area contributed by atoms with Crippen LogP contribution in [0.25, 0.3) is 0 Å². The van der Waals surface area contributed by atoms with E-state index < -0.39 is 0 Å². The first-order valence-electron chi connectivity index (χ1n) is 6.00. The molecule has 1 fully saturated rings. The molecule has 0 bridgehead atoms. The lowest BCUT2D eigenvalue weighted by atomic mass is 9.82. The Labute approximate surface area is 102 Å². The molecular formula is C13H19N3O. The summed E-state index contributed by atoms with van der Waals surface area (Å²) in [6, 6.07) is 8.35. The quantitative estimate of drug-likeness (QED) is 0.320. The average Bonchev–Trinajstić information content (AvgIpc) is 2.32. The van der Waals surface area contributed by atoms with Gasteiger partial charge in [0, 0.05) is 18.2 Å². The molecule has 0 radical (unpaired) electrons. The van der Waals surface area contributed by atoms with Crippen molar-refractivity contribution in [2.24, 2.45) is 16.8 Å². The SMILES string of the molecule is CC1CC(NCc2ccccc2/C(N)=N/O)C1. The number of amidine groups is 1. The zero-order valence-corrected chi connectivity index (χ0v) is 10.1. The van der Waals surface area contributed by atoms with Gasteiger partial charge in [-0.1, -0.05) is 36.3 Å². The third kappa shape index (κ3) is 2.77. The number of benzene rings is 1. The van der Waals surface area contributed by atoms with Crippen LogP contribution in [0.15, 0.2) is 29.4 Å². The van der Waals surface area contributed by atoms with Gasteiger partial charge in [0.2, 0.25) is 0 Å². The number of nitrogens with two attached hydrogens (primary N) is 1. The van der Waals surface area contributed by atoms with Gasteiger partial charge in [-0.15, -0.1) is 0 Å². The van der Waals surface area contributed by atoms with Crippen molar-refractivity contribution < 1.29 is 5.21 Å². The molecule has 0 heterocycles. The maximum Gasteiger partial charge on any atom is 0.170 e. The minimum Gasteiger partial charge on any atom is -0.409 e. The molecule has 1 saturated carbocycles. The molecule has 4 nitrogen and oxygen atoms in total. The Morgan fingerprint density at radius 2 is 2.18 bits per heavy atom. The van der Waals surface area contributed by atoms with Crippen molar-refractivity contribution in [3.63, 3.8) is 0 Å². The molecule has 1 aromatic rings. The van der Waals surface area contributed by atoms with Gasteiger partial charge in [0.25, 0.3) is 0 Å². The van der Waals surface area contributed by atoms with E-state index in [1.54, 1.807) is 0 Å². The van der Waals surface area contributed by atoms with Gasteiger partial charge in [0.1, 0.15) is 0 Å². The lowest BCUT2D eigenvalue weighted by Crippen LogP contribution is -2.39. The van der Waals surface area contributed by atoms with Crippen LogP contribution < -0.4 is 11.1 Å². The van der Waals surface area contributed by atoms with E-state index in [9.17, 15) is 0 Å². The van der Waals surface area contributed by atoms with Gasteiger partial charge in [-0.2, -0.15) is 0 Å². The topological polar surface area (TPSA) is 70.6 Å². The van der Waals surface area contributed by atoms with E-state index in [1.807, 2.05) is 24.3 Å². The molecule has 0 spiro atoms. The monoisotopic (exact) mass is 233 g/mol. The normalized spacial score (nSPS) is 24.4. The number of hydrogen-bond donors (Lipinski definition) is 3. The zero-order valence-electron chi connectivity index (χ0n) is 10.1. The summed E-state index contributed by atoms with van der Waals surface area (Å²) >= 11 is 0. The molecule has 0 unspecified atom stereocenters. The smallest absolute Gasteiger partial charge is 0.170 e. The van der Waals surface area contributed by atoms with Gasteiger partial charge in [0.15, 0.2) is 5.84 Å². The predicted octanol–water partition coefficient (Wildman–Crippen LogP) is 1.67. The van der Waals surface area contributed by atoms with Crippen LogP contribution in [0, 0.1) is 5.92 Å². The van der Waals surface area contributed by atoms with Crippen molar-refractivity contribution in [3.8, 4) is 0 Å². The fraction of sp³-hybridized carbons (Fsp3) is 0.462. The minimum absolute atomic E-state index is 0.171. The molecule has 0 atom stereocenters. The second-order valence-electron chi connectivity index (χ2n) is 4.80. The average molecular weight is 233 g/mol. The molecular weight excluding hydrogens is 214 g/mol. The van der Waals surface area contributed by atoms with E-state index in [-0.39, 0.29) is 5.84 Å². The number of nitrogens with one attached hydrogen (secondary N) is 1. The fourth-order valence-corrected chi connectivity index (χ4v) is 2.30.